The van der Waals surface area contributed by atoms with E-state index in [9.17, 15) is 13.2 Å². The molecule has 0 bridgehead atoms. The molecule has 146 valence electrons. The lowest BCUT2D eigenvalue weighted by Crippen LogP contribution is -2.40. The van der Waals surface area contributed by atoms with Crippen molar-refractivity contribution < 1.29 is 17.9 Å². The summed E-state index contributed by atoms with van der Waals surface area (Å²) in [5, 5.41) is 4.17. The molecule has 2 aromatic rings. The van der Waals surface area contributed by atoms with Crippen molar-refractivity contribution in [2.75, 3.05) is 18.8 Å². The second kappa shape index (κ2) is 8.31. The lowest BCUT2D eigenvalue weighted by molar-refractivity contribution is 0.0839. The number of nitrogens with zero attached hydrogens (tertiary/aromatic N) is 3. The molecule has 1 fully saturated rings. The molecule has 0 unspecified atom stereocenters. The summed E-state index contributed by atoms with van der Waals surface area (Å²) in [6, 6.07) is 10.9. The molecular formula is C18H22ClN3O4S. The fraction of sp³-hybridized carbons (Fsp3) is 0.444. The number of hydrogen-bond acceptors (Lipinski definition) is 5. The van der Waals surface area contributed by atoms with Crippen LogP contribution in [0.25, 0.3) is 0 Å². The van der Waals surface area contributed by atoms with Crippen LogP contribution in [0, 0.1) is 5.92 Å². The second-order valence-corrected chi connectivity index (χ2v) is 9.05. The summed E-state index contributed by atoms with van der Waals surface area (Å²) in [4.78, 5) is 13.8. The Morgan fingerprint density at radius 3 is 2.52 bits per heavy atom. The van der Waals surface area contributed by atoms with Crippen molar-refractivity contribution in [2.24, 2.45) is 13.0 Å². The quantitative estimate of drug-likeness (QED) is 0.755. The largest absolute Gasteiger partial charge is 0.445 e. The minimum absolute atomic E-state index is 0.0122. The number of carbonyl (C=O) groups is 1. The Balaban J connectivity index is 1.50. The van der Waals surface area contributed by atoms with Crippen molar-refractivity contribution in [2.45, 2.75) is 24.5 Å². The lowest BCUT2D eigenvalue weighted by Gasteiger charge is -2.31. The van der Waals surface area contributed by atoms with Crippen LogP contribution in [0.5, 0.6) is 0 Å². The number of benzene rings is 1. The van der Waals surface area contributed by atoms with Crippen LogP contribution in [0.3, 0.4) is 0 Å². The van der Waals surface area contributed by atoms with E-state index in [0.717, 1.165) is 5.56 Å². The van der Waals surface area contributed by atoms with Crippen molar-refractivity contribution in [1.29, 1.82) is 0 Å². The van der Waals surface area contributed by atoms with Gasteiger partial charge in [-0.15, -0.1) is 0 Å². The highest BCUT2D eigenvalue weighted by Crippen LogP contribution is 2.24. The van der Waals surface area contributed by atoms with E-state index in [-0.39, 0.29) is 34.5 Å². The van der Waals surface area contributed by atoms with Gasteiger partial charge in [0.25, 0.3) is 0 Å². The van der Waals surface area contributed by atoms with Gasteiger partial charge in [0.2, 0.25) is 0 Å². The molecule has 1 aliphatic rings. The number of halogens is 1. The Hall–Kier alpha value is -2.06. The molecule has 7 nitrogen and oxygen atoms in total. The molecule has 1 aliphatic heterocycles. The number of likely N-dealkylation sites (tertiary alicyclic amines) is 1. The Labute approximate surface area is 163 Å². The zero-order chi connectivity index (χ0) is 19.4. The highest BCUT2D eigenvalue weighted by molar-refractivity contribution is 7.91. The Bertz CT molecular complexity index is 891. The first-order valence-corrected chi connectivity index (χ1v) is 10.8. The number of ether oxygens (including phenoxy) is 1. The number of amides is 1. The minimum atomic E-state index is -3.47. The number of piperidine rings is 1. The van der Waals surface area contributed by atoms with Gasteiger partial charge in [-0.25, -0.2) is 13.2 Å². The molecule has 1 aromatic heterocycles. The van der Waals surface area contributed by atoms with E-state index in [1.807, 2.05) is 30.3 Å². The molecule has 3 rings (SSSR count). The summed E-state index contributed by atoms with van der Waals surface area (Å²) in [6.45, 7) is 1.20. The minimum Gasteiger partial charge on any atom is -0.445 e. The summed E-state index contributed by atoms with van der Waals surface area (Å²) in [5.74, 6) is 0.0114. The predicted octanol–water partition coefficient (Wildman–Crippen LogP) is 2.90. The summed E-state index contributed by atoms with van der Waals surface area (Å²) < 4.78 is 31.8. The maximum atomic E-state index is 12.6. The van der Waals surface area contributed by atoms with E-state index in [1.165, 1.54) is 10.7 Å². The summed E-state index contributed by atoms with van der Waals surface area (Å²) >= 11 is 5.79. The topological polar surface area (TPSA) is 81.5 Å². The fourth-order valence-electron chi connectivity index (χ4n) is 3.20. The van der Waals surface area contributed by atoms with Crippen molar-refractivity contribution in [3.63, 3.8) is 0 Å². The van der Waals surface area contributed by atoms with E-state index in [4.69, 9.17) is 16.3 Å². The molecule has 0 radical (unpaired) electrons. The fourth-order valence-corrected chi connectivity index (χ4v) is 5.34. The van der Waals surface area contributed by atoms with Gasteiger partial charge in [-0.2, -0.15) is 5.10 Å². The highest BCUT2D eigenvalue weighted by atomic mass is 35.5. The van der Waals surface area contributed by atoms with Gasteiger partial charge in [0.15, 0.2) is 20.0 Å². The molecular weight excluding hydrogens is 390 g/mol. The first kappa shape index (κ1) is 19.7. The molecule has 1 aromatic carbocycles. The third-order valence-electron chi connectivity index (χ3n) is 4.66. The number of sulfone groups is 1. The van der Waals surface area contributed by atoms with Gasteiger partial charge in [0.05, 0.1) is 5.75 Å². The van der Waals surface area contributed by atoms with Crippen molar-refractivity contribution in [3.8, 4) is 0 Å². The van der Waals surface area contributed by atoms with E-state index in [2.05, 4.69) is 5.10 Å². The van der Waals surface area contributed by atoms with Crippen LogP contribution >= 0.6 is 11.6 Å². The van der Waals surface area contributed by atoms with Crippen LogP contribution in [0.4, 0.5) is 4.79 Å². The lowest BCUT2D eigenvalue weighted by atomic mass is 9.99. The van der Waals surface area contributed by atoms with Gasteiger partial charge in [-0.1, -0.05) is 41.9 Å². The van der Waals surface area contributed by atoms with E-state index < -0.39 is 9.84 Å². The highest BCUT2D eigenvalue weighted by Gasteiger charge is 2.29. The third kappa shape index (κ3) is 5.01. The average Bonchev–Trinajstić information content (AvgIpc) is 3.00. The smallest absolute Gasteiger partial charge is 0.410 e. The molecule has 0 spiro atoms. The zero-order valence-corrected chi connectivity index (χ0v) is 16.6. The predicted molar refractivity (Wildman–Crippen MR) is 101 cm³/mol. The Morgan fingerprint density at radius 1 is 1.26 bits per heavy atom. The van der Waals surface area contributed by atoms with E-state index in [0.29, 0.717) is 25.9 Å². The van der Waals surface area contributed by atoms with Gasteiger partial charge in [-0.3, -0.25) is 4.68 Å². The summed E-state index contributed by atoms with van der Waals surface area (Å²) in [6.07, 6.45) is 0.870. The molecule has 0 aliphatic carbocycles. The van der Waals surface area contributed by atoms with Crippen molar-refractivity contribution in [1.82, 2.24) is 14.7 Å². The average molecular weight is 412 g/mol. The number of aryl methyl sites for hydroxylation is 1. The molecule has 9 heteroatoms. The van der Waals surface area contributed by atoms with Crippen LogP contribution in [-0.4, -0.2) is 48.0 Å². The van der Waals surface area contributed by atoms with Gasteiger partial charge in [0.1, 0.15) is 6.61 Å². The van der Waals surface area contributed by atoms with Crippen LogP contribution in [0.1, 0.15) is 18.4 Å². The zero-order valence-electron chi connectivity index (χ0n) is 15.0. The molecule has 0 N–H and O–H groups in total. The SMILES string of the molecule is Cn1nc(Cl)cc1S(=O)(=O)CC1CCN(C(=O)OCc2ccccc2)CC1. The van der Waals surface area contributed by atoms with Crippen LogP contribution in [-0.2, 0) is 28.2 Å². The third-order valence-corrected chi connectivity index (χ3v) is 6.77. The van der Waals surface area contributed by atoms with Crippen LogP contribution < -0.4 is 0 Å². The summed E-state index contributed by atoms with van der Waals surface area (Å²) in [7, 11) is -1.91. The maximum Gasteiger partial charge on any atom is 0.410 e. The number of carbonyl (C=O) groups excluding carboxylic acids is 1. The maximum absolute atomic E-state index is 12.6. The summed E-state index contributed by atoms with van der Waals surface area (Å²) in [5.41, 5.74) is 0.932. The van der Waals surface area contributed by atoms with E-state index >= 15 is 0 Å². The molecule has 0 atom stereocenters. The first-order chi connectivity index (χ1) is 12.8. The molecule has 27 heavy (non-hydrogen) atoms. The Kier molecular flexibility index (Phi) is 6.06. The van der Waals surface area contributed by atoms with Crippen LogP contribution in [0.15, 0.2) is 41.4 Å². The standard InChI is InChI=1S/C18H22ClN3O4S/c1-21-17(11-16(19)20-21)27(24,25)13-15-7-9-22(10-8-15)18(23)26-12-14-5-3-2-4-6-14/h2-6,11,15H,7-10,12-13H2,1H3. The van der Waals surface area contributed by atoms with Gasteiger partial charge < -0.3 is 9.64 Å². The van der Waals surface area contributed by atoms with Gasteiger partial charge in [-0.05, 0) is 24.3 Å². The molecule has 1 saturated heterocycles. The second-order valence-electron chi connectivity index (χ2n) is 6.68. The number of rotatable bonds is 5. The van der Waals surface area contributed by atoms with Crippen molar-refractivity contribution >= 4 is 27.5 Å². The normalized spacial score (nSPS) is 15.7. The van der Waals surface area contributed by atoms with Crippen molar-refractivity contribution in [3.05, 3.63) is 47.1 Å². The van der Waals surface area contributed by atoms with Gasteiger partial charge in [0, 0.05) is 26.2 Å². The van der Waals surface area contributed by atoms with Gasteiger partial charge >= 0.3 is 6.09 Å². The molecule has 2 heterocycles. The Morgan fingerprint density at radius 2 is 1.93 bits per heavy atom. The molecule has 0 saturated carbocycles. The van der Waals surface area contributed by atoms with E-state index in [1.54, 1.807) is 11.9 Å². The first-order valence-electron chi connectivity index (χ1n) is 8.73. The number of aromatic nitrogens is 2. The monoisotopic (exact) mass is 411 g/mol. The molecule has 1 amide bonds. The van der Waals surface area contributed by atoms with Crippen LogP contribution in [0.2, 0.25) is 5.15 Å². The number of hydrogen-bond donors (Lipinski definition) is 0.